The number of ether oxygens (including phenoxy) is 2. The Morgan fingerprint density at radius 1 is 1.07 bits per heavy atom. The maximum absolute atomic E-state index is 10.8. The molecule has 81 valence electrons. The molecule has 1 aromatic carbocycles. The van der Waals surface area contributed by atoms with Gasteiger partial charge in [0.15, 0.2) is 0 Å². The Morgan fingerprint density at radius 3 is 2.13 bits per heavy atom. The monoisotopic (exact) mass is 207 g/mol. The Labute approximate surface area is 90.0 Å². The molecule has 0 unspecified atom stereocenters. The molecular formula is C12H15O3. The van der Waals surface area contributed by atoms with Crippen LogP contribution in [0, 0.1) is 5.92 Å². The van der Waals surface area contributed by atoms with Gasteiger partial charge in [0.2, 0.25) is 0 Å². The van der Waals surface area contributed by atoms with Crippen molar-refractivity contribution >= 4 is 5.97 Å². The van der Waals surface area contributed by atoms with Crippen LogP contribution in [0.3, 0.4) is 0 Å². The van der Waals surface area contributed by atoms with Crippen LogP contribution in [0.4, 0.5) is 0 Å². The van der Waals surface area contributed by atoms with Gasteiger partial charge in [-0.25, -0.2) is 0 Å². The minimum absolute atomic E-state index is 0.331. The van der Waals surface area contributed by atoms with Gasteiger partial charge in [0.1, 0.15) is 11.5 Å². The quantitative estimate of drug-likeness (QED) is 0.564. The number of hydrogen-bond donors (Lipinski definition) is 0. The van der Waals surface area contributed by atoms with Crippen LogP contribution in [-0.4, -0.2) is 13.1 Å². The van der Waals surface area contributed by atoms with E-state index in [0.29, 0.717) is 11.5 Å². The zero-order valence-electron chi connectivity index (χ0n) is 9.46. The molecule has 1 radical (unpaired) electrons. The third kappa shape index (κ3) is 3.27. The fraction of sp³-hybridized carbons (Fsp3) is 0.333. The first-order chi connectivity index (χ1) is 7.02. The summed E-state index contributed by atoms with van der Waals surface area (Å²) in [6, 6.07) is 5.41. The van der Waals surface area contributed by atoms with E-state index in [1.165, 1.54) is 6.92 Å². The van der Waals surface area contributed by atoms with Crippen molar-refractivity contribution in [3.8, 4) is 11.5 Å². The molecule has 0 atom stereocenters. The average molecular weight is 207 g/mol. The van der Waals surface area contributed by atoms with E-state index < -0.39 is 0 Å². The first-order valence-electron chi connectivity index (χ1n) is 4.71. The van der Waals surface area contributed by atoms with Gasteiger partial charge in [-0.2, -0.15) is 0 Å². The zero-order chi connectivity index (χ0) is 11.4. The SMILES string of the molecule is COc1cc(OC(C)=O)cc([C](C)C)c1. The minimum atomic E-state index is -0.331. The molecule has 0 heterocycles. The van der Waals surface area contributed by atoms with Gasteiger partial charge in [-0.1, -0.05) is 13.8 Å². The molecule has 3 nitrogen and oxygen atoms in total. The van der Waals surface area contributed by atoms with Crippen molar-refractivity contribution in [2.24, 2.45) is 0 Å². The van der Waals surface area contributed by atoms with Crippen molar-refractivity contribution in [3.63, 3.8) is 0 Å². The topological polar surface area (TPSA) is 35.5 Å². The Balaban J connectivity index is 3.05. The lowest BCUT2D eigenvalue weighted by Crippen LogP contribution is -2.02. The maximum Gasteiger partial charge on any atom is 0.308 e. The standard InChI is InChI=1S/C12H15O3/c1-8(2)10-5-11(14-4)7-12(6-10)15-9(3)13/h5-7H,1-4H3. The number of carbonyl (C=O) groups excluding carboxylic acids is 1. The molecule has 0 saturated heterocycles. The fourth-order valence-electron chi connectivity index (χ4n) is 1.20. The van der Waals surface area contributed by atoms with Gasteiger partial charge in [-0.05, 0) is 23.6 Å². The fourth-order valence-corrected chi connectivity index (χ4v) is 1.20. The molecule has 0 aliphatic rings. The van der Waals surface area contributed by atoms with Crippen LogP contribution in [0.15, 0.2) is 18.2 Å². The Kier molecular flexibility index (Phi) is 3.72. The highest BCUT2D eigenvalue weighted by Crippen LogP contribution is 2.26. The highest BCUT2D eigenvalue weighted by molar-refractivity contribution is 5.69. The summed E-state index contributed by atoms with van der Waals surface area (Å²) in [7, 11) is 1.58. The van der Waals surface area contributed by atoms with Crippen molar-refractivity contribution < 1.29 is 14.3 Å². The number of carbonyl (C=O) groups is 1. The Bertz CT molecular complexity index is 356. The number of benzene rings is 1. The second kappa shape index (κ2) is 4.82. The van der Waals surface area contributed by atoms with Crippen LogP contribution in [0.2, 0.25) is 0 Å². The summed E-state index contributed by atoms with van der Waals surface area (Å²) < 4.78 is 10.1. The largest absolute Gasteiger partial charge is 0.497 e. The van der Waals surface area contributed by atoms with Gasteiger partial charge in [-0.15, -0.1) is 0 Å². The second-order valence-electron chi connectivity index (χ2n) is 3.49. The average Bonchev–Trinajstić information content (AvgIpc) is 2.16. The van der Waals surface area contributed by atoms with Gasteiger partial charge in [0, 0.05) is 13.0 Å². The number of hydrogen-bond acceptors (Lipinski definition) is 3. The molecule has 0 aromatic heterocycles. The van der Waals surface area contributed by atoms with E-state index in [1.807, 2.05) is 26.0 Å². The summed E-state index contributed by atoms with van der Waals surface area (Å²) in [5, 5.41) is 0. The lowest BCUT2D eigenvalue weighted by Gasteiger charge is -2.10. The summed E-state index contributed by atoms with van der Waals surface area (Å²) in [6.07, 6.45) is 0. The van der Waals surface area contributed by atoms with Crippen molar-refractivity contribution in [2.75, 3.05) is 7.11 Å². The molecule has 0 bridgehead atoms. The van der Waals surface area contributed by atoms with E-state index in [1.54, 1.807) is 13.2 Å². The van der Waals surface area contributed by atoms with E-state index in [-0.39, 0.29) is 5.97 Å². The summed E-state index contributed by atoms with van der Waals surface area (Å²) >= 11 is 0. The summed E-state index contributed by atoms with van der Waals surface area (Å²) in [4.78, 5) is 10.8. The van der Waals surface area contributed by atoms with Crippen molar-refractivity contribution in [1.29, 1.82) is 0 Å². The first kappa shape index (κ1) is 11.6. The molecule has 0 saturated carbocycles. The molecule has 0 aliphatic carbocycles. The normalized spacial score (nSPS) is 10.2. The third-order valence-corrected chi connectivity index (χ3v) is 1.95. The van der Waals surface area contributed by atoms with Crippen molar-refractivity contribution in [1.82, 2.24) is 0 Å². The number of esters is 1. The van der Waals surface area contributed by atoms with Crippen molar-refractivity contribution in [2.45, 2.75) is 20.8 Å². The molecule has 3 heteroatoms. The van der Waals surface area contributed by atoms with E-state index in [9.17, 15) is 4.79 Å². The van der Waals surface area contributed by atoms with Crippen molar-refractivity contribution in [3.05, 3.63) is 29.7 Å². The molecule has 0 spiro atoms. The summed E-state index contributed by atoms with van der Waals surface area (Å²) in [6.45, 7) is 5.36. The smallest absolute Gasteiger partial charge is 0.308 e. The van der Waals surface area contributed by atoms with E-state index in [0.717, 1.165) is 11.5 Å². The highest BCUT2D eigenvalue weighted by atomic mass is 16.5. The van der Waals surface area contributed by atoms with Crippen LogP contribution < -0.4 is 9.47 Å². The predicted molar refractivity (Wildman–Crippen MR) is 58.0 cm³/mol. The maximum atomic E-state index is 10.8. The molecular weight excluding hydrogens is 192 g/mol. The molecule has 0 amide bonds. The lowest BCUT2D eigenvalue weighted by atomic mass is 10.0. The van der Waals surface area contributed by atoms with Gasteiger partial charge >= 0.3 is 5.97 Å². The third-order valence-electron chi connectivity index (χ3n) is 1.95. The van der Waals surface area contributed by atoms with Gasteiger partial charge < -0.3 is 9.47 Å². The zero-order valence-corrected chi connectivity index (χ0v) is 9.46. The van der Waals surface area contributed by atoms with E-state index >= 15 is 0 Å². The van der Waals surface area contributed by atoms with Gasteiger partial charge in [-0.3, -0.25) is 4.79 Å². The predicted octanol–water partition coefficient (Wildman–Crippen LogP) is 2.58. The molecule has 0 aliphatic heterocycles. The number of rotatable bonds is 3. The molecule has 15 heavy (non-hydrogen) atoms. The highest BCUT2D eigenvalue weighted by Gasteiger charge is 2.07. The molecule has 0 N–H and O–H groups in total. The molecule has 1 rings (SSSR count). The van der Waals surface area contributed by atoms with Crippen LogP contribution in [-0.2, 0) is 4.79 Å². The van der Waals surface area contributed by atoms with Crippen LogP contribution >= 0.6 is 0 Å². The second-order valence-corrected chi connectivity index (χ2v) is 3.49. The Morgan fingerprint density at radius 2 is 1.67 bits per heavy atom. The van der Waals surface area contributed by atoms with E-state index in [2.05, 4.69) is 0 Å². The van der Waals surface area contributed by atoms with Crippen LogP contribution in [0.1, 0.15) is 26.3 Å². The molecule has 0 fully saturated rings. The molecule has 1 aromatic rings. The van der Waals surface area contributed by atoms with Gasteiger partial charge in [0.05, 0.1) is 7.11 Å². The number of methoxy groups -OCH3 is 1. The lowest BCUT2D eigenvalue weighted by molar-refractivity contribution is -0.131. The summed E-state index contributed by atoms with van der Waals surface area (Å²) in [5.74, 6) is 2.01. The minimum Gasteiger partial charge on any atom is -0.497 e. The first-order valence-corrected chi connectivity index (χ1v) is 4.71. The van der Waals surface area contributed by atoms with Crippen LogP contribution in [0.5, 0.6) is 11.5 Å². The van der Waals surface area contributed by atoms with E-state index in [4.69, 9.17) is 9.47 Å². The van der Waals surface area contributed by atoms with Crippen LogP contribution in [0.25, 0.3) is 0 Å². The summed E-state index contributed by atoms with van der Waals surface area (Å²) in [5.41, 5.74) is 1.01. The van der Waals surface area contributed by atoms with Gasteiger partial charge in [0.25, 0.3) is 0 Å². The Hall–Kier alpha value is -1.51.